The molecule has 0 amide bonds. The molecule has 0 unspecified atom stereocenters. The molecule has 1 fully saturated rings. The third kappa shape index (κ3) is 4.49. The monoisotopic (exact) mass is 459 g/mol. The number of ketones is 1. The largest absolute Gasteiger partial charge is 0.481 e. The molecule has 4 nitrogen and oxygen atoms in total. The average molecular weight is 460 g/mol. The Labute approximate surface area is 200 Å². The number of methoxy groups -OCH3 is 1. The molecular weight excluding hydrogens is 429 g/mol. The smallest absolute Gasteiger partial charge is 0.213 e. The van der Waals surface area contributed by atoms with Gasteiger partial charge < -0.3 is 9.47 Å². The lowest BCUT2D eigenvalue weighted by molar-refractivity contribution is -0.121. The molecule has 1 aliphatic carbocycles. The summed E-state index contributed by atoms with van der Waals surface area (Å²) in [4.78, 5) is 16.3. The number of carbonyl (C=O) groups excluding carboxylic acids is 1. The lowest BCUT2D eigenvalue weighted by atomic mass is 9.79. The normalized spacial score (nSPS) is 19.2. The molecule has 0 saturated heterocycles. The van der Waals surface area contributed by atoms with Crippen LogP contribution in [0.1, 0.15) is 61.0 Å². The number of Topliss-reactive ketones (excluding diaryl/α,β-unsaturated/α-hetero) is 1. The second kappa shape index (κ2) is 9.30. The maximum atomic E-state index is 15.2. The number of hydrogen-bond donors (Lipinski definition) is 0. The number of aromatic nitrogens is 1. The van der Waals surface area contributed by atoms with E-state index < -0.39 is 0 Å². The number of ether oxygens (including phenoxy) is 2. The summed E-state index contributed by atoms with van der Waals surface area (Å²) in [6.07, 6.45) is 4.31. The summed E-state index contributed by atoms with van der Waals surface area (Å²) in [6.45, 7) is 4.20. The number of rotatable bonds is 7. The summed E-state index contributed by atoms with van der Waals surface area (Å²) in [7, 11) is 1.56. The highest BCUT2D eigenvalue weighted by molar-refractivity contribution is 5.79. The summed E-state index contributed by atoms with van der Waals surface area (Å²) in [5, 5.41) is 0. The number of hydrogen-bond acceptors (Lipinski definition) is 4. The standard InChI is InChI=1S/C29H30FNO3/c1-17(18(2)32)29(19-4-5-19)22-6-7-23-16-34-27(14-24(23)12-22)25-9-8-20(13-26(25)30)21-10-11-31-28(15-21)33-3/h6-13,15,17,19,27,29H,4-5,14,16H2,1-3H3/t17-,27-,29+/m1/s1. The summed E-state index contributed by atoms with van der Waals surface area (Å²) < 4.78 is 26.5. The van der Waals surface area contributed by atoms with Gasteiger partial charge in [-0.3, -0.25) is 4.79 Å². The zero-order chi connectivity index (χ0) is 23.8. The Kier molecular flexibility index (Phi) is 6.22. The van der Waals surface area contributed by atoms with E-state index in [0.29, 0.717) is 30.4 Å². The topological polar surface area (TPSA) is 48.4 Å². The second-order valence-electron chi connectivity index (χ2n) is 9.62. The van der Waals surface area contributed by atoms with Crippen molar-refractivity contribution in [1.82, 2.24) is 4.98 Å². The van der Waals surface area contributed by atoms with Crippen LogP contribution in [0.5, 0.6) is 5.88 Å². The number of carbonyl (C=O) groups is 1. The molecule has 34 heavy (non-hydrogen) atoms. The summed E-state index contributed by atoms with van der Waals surface area (Å²) in [5.41, 5.74) is 5.75. The molecule has 3 atom stereocenters. The number of nitrogens with zero attached hydrogens (tertiary/aromatic N) is 1. The molecule has 2 aromatic carbocycles. The van der Waals surface area contributed by atoms with Crippen molar-refractivity contribution in [2.24, 2.45) is 11.8 Å². The molecule has 0 radical (unpaired) electrons. The molecule has 1 aromatic heterocycles. The quantitative estimate of drug-likeness (QED) is 0.409. The van der Waals surface area contributed by atoms with Crippen molar-refractivity contribution in [3.63, 3.8) is 0 Å². The summed E-state index contributed by atoms with van der Waals surface area (Å²) in [5.74, 6) is 1.32. The van der Waals surface area contributed by atoms with Gasteiger partial charge in [-0.1, -0.05) is 37.3 Å². The first-order valence-electron chi connectivity index (χ1n) is 12.0. The van der Waals surface area contributed by atoms with Crippen LogP contribution in [0.4, 0.5) is 4.39 Å². The van der Waals surface area contributed by atoms with Gasteiger partial charge in [-0.2, -0.15) is 0 Å². The Balaban J connectivity index is 1.40. The van der Waals surface area contributed by atoms with Crippen LogP contribution in [0.15, 0.2) is 54.7 Å². The highest BCUT2D eigenvalue weighted by Gasteiger charge is 2.38. The maximum Gasteiger partial charge on any atom is 0.213 e. The van der Waals surface area contributed by atoms with Gasteiger partial charge in [-0.05, 0) is 71.6 Å². The molecular formula is C29H30FNO3. The van der Waals surface area contributed by atoms with Crippen LogP contribution in [-0.4, -0.2) is 17.9 Å². The van der Waals surface area contributed by atoms with Crippen LogP contribution in [-0.2, 0) is 22.6 Å². The van der Waals surface area contributed by atoms with E-state index in [1.165, 1.54) is 24.0 Å². The molecule has 2 heterocycles. The molecule has 5 rings (SSSR count). The van der Waals surface area contributed by atoms with E-state index >= 15 is 4.39 Å². The summed E-state index contributed by atoms with van der Waals surface area (Å²) >= 11 is 0. The Bertz CT molecular complexity index is 1220. The van der Waals surface area contributed by atoms with E-state index in [1.54, 1.807) is 32.4 Å². The molecule has 1 aliphatic heterocycles. The van der Waals surface area contributed by atoms with Crippen LogP contribution >= 0.6 is 0 Å². The fourth-order valence-corrected chi connectivity index (χ4v) is 5.18. The molecule has 0 N–H and O–H groups in total. The minimum Gasteiger partial charge on any atom is -0.481 e. The van der Waals surface area contributed by atoms with Gasteiger partial charge in [0.1, 0.15) is 11.6 Å². The lowest BCUT2D eigenvalue weighted by Gasteiger charge is -2.29. The van der Waals surface area contributed by atoms with Crippen molar-refractivity contribution < 1.29 is 18.7 Å². The fourth-order valence-electron chi connectivity index (χ4n) is 5.18. The molecule has 0 bridgehead atoms. The minimum absolute atomic E-state index is 0.0120. The van der Waals surface area contributed by atoms with E-state index in [2.05, 4.69) is 23.2 Å². The Morgan fingerprint density at radius 1 is 1.09 bits per heavy atom. The Morgan fingerprint density at radius 3 is 2.59 bits per heavy atom. The minimum atomic E-state index is -0.339. The number of pyridine rings is 1. The first-order chi connectivity index (χ1) is 16.4. The molecule has 176 valence electrons. The van der Waals surface area contributed by atoms with E-state index in [1.807, 2.05) is 25.1 Å². The summed E-state index contributed by atoms with van der Waals surface area (Å²) in [6, 6.07) is 15.4. The zero-order valence-electron chi connectivity index (χ0n) is 19.9. The van der Waals surface area contributed by atoms with Gasteiger partial charge in [0.15, 0.2) is 0 Å². The average Bonchev–Trinajstić information content (AvgIpc) is 3.68. The zero-order valence-corrected chi connectivity index (χ0v) is 19.9. The molecule has 0 spiro atoms. The Morgan fingerprint density at radius 2 is 1.88 bits per heavy atom. The molecule has 1 saturated carbocycles. The maximum absolute atomic E-state index is 15.2. The highest BCUT2D eigenvalue weighted by Crippen LogP contribution is 2.47. The van der Waals surface area contributed by atoms with Crippen LogP contribution in [0, 0.1) is 17.7 Å². The van der Waals surface area contributed by atoms with Gasteiger partial charge in [0.05, 0.1) is 19.8 Å². The number of halogens is 1. The molecule has 5 heteroatoms. The third-order valence-corrected chi connectivity index (χ3v) is 7.39. The third-order valence-electron chi connectivity index (χ3n) is 7.39. The predicted molar refractivity (Wildman–Crippen MR) is 129 cm³/mol. The van der Waals surface area contributed by atoms with Crippen molar-refractivity contribution in [1.29, 1.82) is 0 Å². The number of benzene rings is 2. The Hall–Kier alpha value is -3.05. The highest BCUT2D eigenvalue weighted by atomic mass is 19.1. The van der Waals surface area contributed by atoms with E-state index in [4.69, 9.17) is 9.47 Å². The van der Waals surface area contributed by atoms with Crippen molar-refractivity contribution >= 4 is 5.78 Å². The molecule has 2 aliphatic rings. The van der Waals surface area contributed by atoms with Crippen molar-refractivity contribution in [2.75, 3.05) is 7.11 Å². The van der Waals surface area contributed by atoms with Crippen LogP contribution < -0.4 is 4.74 Å². The van der Waals surface area contributed by atoms with E-state index in [-0.39, 0.29) is 29.5 Å². The van der Waals surface area contributed by atoms with E-state index in [0.717, 1.165) is 16.7 Å². The first kappa shape index (κ1) is 22.7. The van der Waals surface area contributed by atoms with Gasteiger partial charge in [0.2, 0.25) is 5.88 Å². The van der Waals surface area contributed by atoms with Crippen LogP contribution in [0.2, 0.25) is 0 Å². The second-order valence-corrected chi connectivity index (χ2v) is 9.62. The van der Waals surface area contributed by atoms with Gasteiger partial charge in [0.25, 0.3) is 0 Å². The number of fused-ring (bicyclic) bond motifs is 1. The van der Waals surface area contributed by atoms with Gasteiger partial charge in [-0.15, -0.1) is 0 Å². The lowest BCUT2D eigenvalue weighted by Crippen LogP contribution is -2.21. The van der Waals surface area contributed by atoms with Crippen LogP contribution in [0.3, 0.4) is 0 Å². The predicted octanol–water partition coefficient (Wildman–Crippen LogP) is 6.43. The SMILES string of the molecule is COc1cc(-c2ccc([C@H]3Cc4cc([C@H](C5CC5)[C@H](C)C(C)=O)ccc4CO3)c(F)c2)ccn1. The van der Waals surface area contributed by atoms with Gasteiger partial charge in [-0.25, -0.2) is 9.37 Å². The fraction of sp³-hybridized carbons (Fsp3) is 0.379. The van der Waals surface area contributed by atoms with Gasteiger partial charge >= 0.3 is 0 Å². The van der Waals surface area contributed by atoms with Crippen molar-refractivity contribution in [3.8, 4) is 17.0 Å². The van der Waals surface area contributed by atoms with Crippen molar-refractivity contribution in [3.05, 3.63) is 82.8 Å². The van der Waals surface area contributed by atoms with Crippen LogP contribution in [0.25, 0.3) is 11.1 Å². The van der Waals surface area contributed by atoms with Gasteiger partial charge in [0, 0.05) is 30.2 Å². The first-order valence-corrected chi connectivity index (χ1v) is 12.0. The van der Waals surface area contributed by atoms with E-state index in [9.17, 15) is 4.79 Å². The van der Waals surface area contributed by atoms with Crippen molar-refractivity contribution in [2.45, 2.75) is 51.7 Å². The molecule has 3 aromatic rings.